The van der Waals surface area contributed by atoms with Gasteiger partial charge in [0.05, 0.1) is 25.2 Å². The average molecular weight is 348 g/mol. The Balaban J connectivity index is 1.69. The molecule has 3 heterocycles. The van der Waals surface area contributed by atoms with E-state index in [4.69, 9.17) is 5.73 Å². The maximum Gasteiger partial charge on any atom is 0.266 e. The van der Waals surface area contributed by atoms with E-state index in [1.807, 2.05) is 13.8 Å². The molecule has 0 bridgehead atoms. The fraction of sp³-hybridized carbons (Fsp3) is 0.625. The summed E-state index contributed by atoms with van der Waals surface area (Å²) in [6.45, 7) is 6.68. The number of carbonyl (C=O) groups is 3. The van der Waals surface area contributed by atoms with Crippen molar-refractivity contribution in [2.24, 2.45) is 5.73 Å². The number of nitrogens with zero attached hydrogens (tertiary/aromatic N) is 4. The van der Waals surface area contributed by atoms with Crippen molar-refractivity contribution in [1.82, 2.24) is 24.7 Å². The molecule has 3 rings (SSSR count). The SMILES string of the molecule is CC(C)N1CCNC(=O)[C@@H]1CC(=O)N1CCn2c(C(N)=O)cnc2C1. The maximum absolute atomic E-state index is 12.7. The number of fused-ring (bicyclic) bond motifs is 1. The zero-order chi connectivity index (χ0) is 18.1. The van der Waals surface area contributed by atoms with Gasteiger partial charge in [-0.1, -0.05) is 0 Å². The number of amides is 3. The Hall–Kier alpha value is -2.42. The van der Waals surface area contributed by atoms with Gasteiger partial charge in [0.25, 0.3) is 5.91 Å². The van der Waals surface area contributed by atoms with Crippen LogP contribution in [0.2, 0.25) is 0 Å². The molecule has 2 aliphatic rings. The zero-order valence-corrected chi connectivity index (χ0v) is 14.6. The van der Waals surface area contributed by atoms with Gasteiger partial charge in [0, 0.05) is 32.2 Å². The van der Waals surface area contributed by atoms with Gasteiger partial charge in [-0.2, -0.15) is 0 Å². The van der Waals surface area contributed by atoms with Crippen molar-refractivity contribution in [3.05, 3.63) is 17.7 Å². The molecule has 0 unspecified atom stereocenters. The van der Waals surface area contributed by atoms with E-state index in [2.05, 4.69) is 15.2 Å². The van der Waals surface area contributed by atoms with Gasteiger partial charge in [-0.25, -0.2) is 4.98 Å². The Kier molecular flexibility index (Phi) is 4.76. The number of nitrogens with one attached hydrogen (secondary N) is 1. The predicted molar refractivity (Wildman–Crippen MR) is 89.4 cm³/mol. The summed E-state index contributed by atoms with van der Waals surface area (Å²) < 4.78 is 1.75. The lowest BCUT2D eigenvalue weighted by Gasteiger charge is -2.38. The van der Waals surface area contributed by atoms with Gasteiger partial charge in [-0.15, -0.1) is 0 Å². The lowest BCUT2D eigenvalue weighted by molar-refractivity contribution is -0.140. The molecule has 3 N–H and O–H groups in total. The minimum Gasteiger partial charge on any atom is -0.364 e. The molecule has 1 atom stereocenters. The summed E-state index contributed by atoms with van der Waals surface area (Å²) >= 11 is 0. The highest BCUT2D eigenvalue weighted by molar-refractivity contribution is 5.91. The number of piperazine rings is 1. The topological polar surface area (TPSA) is 114 Å². The van der Waals surface area contributed by atoms with Crippen molar-refractivity contribution in [2.45, 2.75) is 45.4 Å². The third-order valence-electron chi connectivity index (χ3n) is 4.87. The van der Waals surface area contributed by atoms with E-state index in [1.54, 1.807) is 9.47 Å². The summed E-state index contributed by atoms with van der Waals surface area (Å²) in [4.78, 5) is 44.3. The highest BCUT2D eigenvalue weighted by Gasteiger charge is 2.35. The van der Waals surface area contributed by atoms with E-state index >= 15 is 0 Å². The summed E-state index contributed by atoms with van der Waals surface area (Å²) in [5.74, 6) is -0.0578. The Morgan fingerprint density at radius 1 is 1.36 bits per heavy atom. The molecule has 3 amide bonds. The Labute approximate surface area is 146 Å². The number of hydrogen-bond acceptors (Lipinski definition) is 5. The predicted octanol–water partition coefficient (Wildman–Crippen LogP) is -1.08. The van der Waals surface area contributed by atoms with Gasteiger partial charge in [0.2, 0.25) is 11.8 Å². The van der Waals surface area contributed by atoms with Crippen LogP contribution in [-0.4, -0.2) is 68.8 Å². The third kappa shape index (κ3) is 3.37. The molecular formula is C16H24N6O3. The van der Waals surface area contributed by atoms with Crippen LogP contribution in [0, 0.1) is 0 Å². The van der Waals surface area contributed by atoms with Gasteiger partial charge < -0.3 is 20.5 Å². The standard InChI is InChI=1S/C16H24N6O3/c1-10(2)21-4-3-18-16(25)11(21)7-14(23)20-5-6-22-12(15(17)24)8-19-13(22)9-20/h8,10-11H,3-7,9H2,1-2H3,(H2,17,24)(H,18,25)/t11-/m0/s1. The lowest BCUT2D eigenvalue weighted by Crippen LogP contribution is -2.58. The number of carbonyl (C=O) groups excluding carboxylic acids is 3. The smallest absolute Gasteiger partial charge is 0.266 e. The summed E-state index contributed by atoms with van der Waals surface area (Å²) in [6.07, 6.45) is 1.59. The molecule has 0 spiro atoms. The van der Waals surface area contributed by atoms with Crippen LogP contribution >= 0.6 is 0 Å². The second-order valence-electron chi connectivity index (χ2n) is 6.73. The van der Waals surface area contributed by atoms with Crippen molar-refractivity contribution in [2.75, 3.05) is 19.6 Å². The maximum atomic E-state index is 12.7. The third-order valence-corrected chi connectivity index (χ3v) is 4.87. The molecule has 0 saturated carbocycles. The molecule has 1 aromatic rings. The summed E-state index contributed by atoms with van der Waals surface area (Å²) in [5, 5.41) is 2.84. The quantitative estimate of drug-likeness (QED) is 0.719. The van der Waals surface area contributed by atoms with Crippen LogP contribution in [0.3, 0.4) is 0 Å². The second kappa shape index (κ2) is 6.83. The highest BCUT2D eigenvalue weighted by Crippen LogP contribution is 2.18. The van der Waals surface area contributed by atoms with E-state index in [0.717, 1.165) is 6.54 Å². The Morgan fingerprint density at radius 2 is 2.12 bits per heavy atom. The van der Waals surface area contributed by atoms with Crippen LogP contribution in [0.5, 0.6) is 0 Å². The van der Waals surface area contributed by atoms with E-state index in [0.29, 0.717) is 37.7 Å². The molecule has 0 aromatic carbocycles. The van der Waals surface area contributed by atoms with Crippen molar-refractivity contribution < 1.29 is 14.4 Å². The molecule has 9 nitrogen and oxygen atoms in total. The largest absolute Gasteiger partial charge is 0.364 e. The highest BCUT2D eigenvalue weighted by atomic mass is 16.2. The summed E-state index contributed by atoms with van der Waals surface area (Å²) in [6, 6.07) is -0.244. The van der Waals surface area contributed by atoms with Crippen molar-refractivity contribution in [1.29, 1.82) is 0 Å². The van der Waals surface area contributed by atoms with E-state index in [-0.39, 0.29) is 24.3 Å². The first-order valence-corrected chi connectivity index (χ1v) is 8.54. The molecule has 1 aromatic heterocycles. The van der Waals surface area contributed by atoms with Crippen LogP contribution in [0.15, 0.2) is 6.20 Å². The number of hydrogen-bond donors (Lipinski definition) is 2. The Bertz CT molecular complexity index is 698. The van der Waals surface area contributed by atoms with Gasteiger partial charge in [0.15, 0.2) is 0 Å². The number of nitrogens with two attached hydrogens (primary N) is 1. The number of primary amides is 1. The fourth-order valence-corrected chi connectivity index (χ4v) is 3.52. The molecule has 9 heteroatoms. The summed E-state index contributed by atoms with van der Waals surface area (Å²) in [7, 11) is 0. The molecule has 25 heavy (non-hydrogen) atoms. The van der Waals surface area contributed by atoms with Crippen LogP contribution < -0.4 is 11.1 Å². The van der Waals surface area contributed by atoms with Crippen molar-refractivity contribution in [3.8, 4) is 0 Å². The molecule has 1 fully saturated rings. The van der Waals surface area contributed by atoms with Crippen LogP contribution in [-0.2, 0) is 22.7 Å². The van der Waals surface area contributed by atoms with E-state index in [1.165, 1.54) is 6.20 Å². The summed E-state index contributed by atoms with van der Waals surface area (Å²) in [5.41, 5.74) is 5.69. The van der Waals surface area contributed by atoms with Crippen molar-refractivity contribution in [3.63, 3.8) is 0 Å². The van der Waals surface area contributed by atoms with Gasteiger partial charge in [0.1, 0.15) is 11.5 Å². The van der Waals surface area contributed by atoms with Gasteiger partial charge in [-0.05, 0) is 13.8 Å². The first-order chi connectivity index (χ1) is 11.9. The molecular weight excluding hydrogens is 324 g/mol. The molecule has 136 valence electrons. The monoisotopic (exact) mass is 348 g/mol. The van der Waals surface area contributed by atoms with Crippen LogP contribution in [0.1, 0.15) is 36.6 Å². The zero-order valence-electron chi connectivity index (χ0n) is 14.6. The van der Waals surface area contributed by atoms with Gasteiger partial charge >= 0.3 is 0 Å². The van der Waals surface area contributed by atoms with E-state index < -0.39 is 11.9 Å². The molecule has 0 radical (unpaired) electrons. The van der Waals surface area contributed by atoms with Crippen LogP contribution in [0.25, 0.3) is 0 Å². The Morgan fingerprint density at radius 3 is 2.80 bits per heavy atom. The molecule has 0 aliphatic carbocycles. The normalized spacial score (nSPS) is 21.2. The van der Waals surface area contributed by atoms with E-state index in [9.17, 15) is 14.4 Å². The lowest BCUT2D eigenvalue weighted by atomic mass is 10.1. The van der Waals surface area contributed by atoms with Crippen molar-refractivity contribution >= 4 is 17.7 Å². The average Bonchev–Trinajstić information content (AvgIpc) is 2.99. The number of aromatic nitrogens is 2. The molecule has 2 aliphatic heterocycles. The number of rotatable bonds is 4. The number of imidazole rings is 1. The first kappa shape index (κ1) is 17.4. The second-order valence-corrected chi connectivity index (χ2v) is 6.73. The fourth-order valence-electron chi connectivity index (χ4n) is 3.52. The minimum atomic E-state index is -0.523. The van der Waals surface area contributed by atoms with Crippen LogP contribution in [0.4, 0.5) is 0 Å². The molecule has 1 saturated heterocycles. The van der Waals surface area contributed by atoms with Gasteiger partial charge in [-0.3, -0.25) is 19.3 Å². The minimum absolute atomic E-state index is 0.0809. The first-order valence-electron chi connectivity index (χ1n) is 8.54.